The van der Waals surface area contributed by atoms with Gasteiger partial charge in [-0.15, -0.1) is 0 Å². The molecule has 2 heterocycles. The number of carbonyl (C=O) groups is 1. The van der Waals surface area contributed by atoms with Crippen molar-refractivity contribution in [3.8, 4) is 0 Å². The number of anilines is 2. The number of hydrogen-bond donors (Lipinski definition) is 2. The van der Waals surface area contributed by atoms with Crippen LogP contribution in [0.1, 0.15) is 45.2 Å². The van der Waals surface area contributed by atoms with Gasteiger partial charge in [-0.2, -0.15) is 4.98 Å². The highest BCUT2D eigenvalue weighted by molar-refractivity contribution is 5.76. The van der Waals surface area contributed by atoms with E-state index in [0.717, 1.165) is 24.6 Å². The standard InChI is InChI=1S/C17H29N5O/c1-13(2)11-16(23)18-7-8-19-17-20-14(3)12-15(21-17)22-9-5-4-6-10-22/h12-13H,4-11H2,1-3H3,(H,18,23)(H,19,20,21). The summed E-state index contributed by atoms with van der Waals surface area (Å²) in [6, 6.07) is 2.04. The molecule has 0 saturated carbocycles. The Balaban J connectivity index is 1.83. The van der Waals surface area contributed by atoms with Crippen LogP contribution in [0.3, 0.4) is 0 Å². The lowest BCUT2D eigenvalue weighted by Gasteiger charge is -2.28. The van der Waals surface area contributed by atoms with Crippen LogP contribution < -0.4 is 15.5 Å². The number of piperidine rings is 1. The second-order valence-corrected chi connectivity index (χ2v) is 6.61. The molecule has 1 aliphatic heterocycles. The predicted octanol–water partition coefficient (Wildman–Crippen LogP) is 2.35. The minimum Gasteiger partial charge on any atom is -0.356 e. The lowest BCUT2D eigenvalue weighted by atomic mass is 10.1. The molecule has 23 heavy (non-hydrogen) atoms. The molecule has 1 fully saturated rings. The third-order valence-electron chi connectivity index (χ3n) is 3.84. The molecule has 0 aliphatic carbocycles. The van der Waals surface area contributed by atoms with Gasteiger partial charge in [0.2, 0.25) is 11.9 Å². The molecule has 1 aromatic heterocycles. The lowest BCUT2D eigenvalue weighted by molar-refractivity contribution is -0.121. The molecule has 6 nitrogen and oxygen atoms in total. The maximum Gasteiger partial charge on any atom is 0.224 e. The maximum atomic E-state index is 11.6. The van der Waals surface area contributed by atoms with Gasteiger partial charge in [0.15, 0.2) is 0 Å². The molecular formula is C17H29N5O. The number of carbonyl (C=O) groups excluding carboxylic acids is 1. The van der Waals surface area contributed by atoms with Crippen molar-refractivity contribution in [2.45, 2.75) is 46.5 Å². The van der Waals surface area contributed by atoms with Gasteiger partial charge in [-0.3, -0.25) is 4.79 Å². The molecule has 1 saturated heterocycles. The van der Waals surface area contributed by atoms with E-state index >= 15 is 0 Å². The van der Waals surface area contributed by atoms with Crippen LogP contribution in [0.15, 0.2) is 6.07 Å². The van der Waals surface area contributed by atoms with Crippen LogP contribution in [-0.4, -0.2) is 42.1 Å². The average molecular weight is 319 g/mol. The molecule has 1 amide bonds. The number of nitrogens with one attached hydrogen (secondary N) is 2. The minimum atomic E-state index is 0.0981. The van der Waals surface area contributed by atoms with Crippen LogP contribution in [0, 0.1) is 12.8 Å². The Morgan fingerprint density at radius 2 is 1.96 bits per heavy atom. The van der Waals surface area contributed by atoms with Crippen molar-refractivity contribution in [2.24, 2.45) is 5.92 Å². The molecule has 0 atom stereocenters. The van der Waals surface area contributed by atoms with Crippen LogP contribution in [0.2, 0.25) is 0 Å². The number of hydrogen-bond acceptors (Lipinski definition) is 5. The smallest absolute Gasteiger partial charge is 0.224 e. The molecule has 0 radical (unpaired) electrons. The van der Waals surface area contributed by atoms with Crippen LogP contribution in [0.4, 0.5) is 11.8 Å². The van der Waals surface area contributed by atoms with Gasteiger partial charge >= 0.3 is 0 Å². The molecule has 0 bridgehead atoms. The normalized spacial score (nSPS) is 14.9. The Hall–Kier alpha value is -1.85. The molecule has 6 heteroatoms. The van der Waals surface area contributed by atoms with Crippen LogP contribution in [0.25, 0.3) is 0 Å². The monoisotopic (exact) mass is 319 g/mol. The molecule has 0 spiro atoms. The Morgan fingerprint density at radius 1 is 1.22 bits per heavy atom. The van der Waals surface area contributed by atoms with Gasteiger partial charge in [0.1, 0.15) is 5.82 Å². The topological polar surface area (TPSA) is 70.2 Å². The molecule has 2 rings (SSSR count). The summed E-state index contributed by atoms with van der Waals surface area (Å²) >= 11 is 0. The maximum absolute atomic E-state index is 11.6. The quantitative estimate of drug-likeness (QED) is 0.755. The average Bonchev–Trinajstić information content (AvgIpc) is 2.51. The van der Waals surface area contributed by atoms with Crippen LogP contribution in [0.5, 0.6) is 0 Å². The van der Waals surface area contributed by atoms with E-state index in [9.17, 15) is 4.79 Å². The number of nitrogens with zero attached hydrogens (tertiary/aromatic N) is 3. The Bertz CT molecular complexity index is 512. The Morgan fingerprint density at radius 3 is 2.65 bits per heavy atom. The highest BCUT2D eigenvalue weighted by Gasteiger charge is 2.13. The largest absolute Gasteiger partial charge is 0.356 e. The number of rotatable bonds is 7. The Labute approximate surface area is 139 Å². The Kier molecular flexibility index (Phi) is 6.62. The summed E-state index contributed by atoms with van der Waals surface area (Å²) in [6.45, 7) is 9.43. The van der Waals surface area contributed by atoms with Crippen molar-refractivity contribution in [3.63, 3.8) is 0 Å². The fourth-order valence-corrected chi connectivity index (χ4v) is 2.74. The van der Waals surface area contributed by atoms with Gasteiger partial charge in [0.25, 0.3) is 0 Å². The van der Waals surface area contributed by atoms with Gasteiger partial charge < -0.3 is 15.5 Å². The van der Waals surface area contributed by atoms with Crippen molar-refractivity contribution in [2.75, 3.05) is 36.4 Å². The summed E-state index contributed by atoms with van der Waals surface area (Å²) in [6.07, 6.45) is 4.34. The molecule has 0 unspecified atom stereocenters. The van der Waals surface area contributed by atoms with Crippen LogP contribution >= 0.6 is 0 Å². The molecular weight excluding hydrogens is 290 g/mol. The lowest BCUT2D eigenvalue weighted by Crippen LogP contribution is -2.31. The summed E-state index contributed by atoms with van der Waals surface area (Å²) in [5, 5.41) is 6.12. The van der Waals surface area contributed by atoms with Crippen molar-refractivity contribution in [3.05, 3.63) is 11.8 Å². The van der Waals surface area contributed by atoms with Gasteiger partial charge in [0.05, 0.1) is 0 Å². The van der Waals surface area contributed by atoms with E-state index in [1.54, 1.807) is 0 Å². The first-order valence-corrected chi connectivity index (χ1v) is 8.66. The molecule has 0 aromatic carbocycles. The first-order valence-electron chi connectivity index (χ1n) is 8.66. The van der Waals surface area contributed by atoms with E-state index in [2.05, 4.69) is 25.5 Å². The van der Waals surface area contributed by atoms with Crippen molar-refractivity contribution >= 4 is 17.7 Å². The highest BCUT2D eigenvalue weighted by Crippen LogP contribution is 2.19. The van der Waals surface area contributed by atoms with E-state index < -0.39 is 0 Å². The summed E-state index contributed by atoms with van der Waals surface area (Å²) < 4.78 is 0. The fourth-order valence-electron chi connectivity index (χ4n) is 2.74. The summed E-state index contributed by atoms with van der Waals surface area (Å²) in [5.41, 5.74) is 0.965. The second-order valence-electron chi connectivity index (χ2n) is 6.61. The highest BCUT2D eigenvalue weighted by atomic mass is 16.1. The van der Waals surface area contributed by atoms with Crippen molar-refractivity contribution in [1.29, 1.82) is 0 Å². The predicted molar refractivity (Wildman–Crippen MR) is 93.8 cm³/mol. The second kappa shape index (κ2) is 8.70. The van der Waals surface area contributed by atoms with Gasteiger partial charge in [-0.25, -0.2) is 4.98 Å². The number of amides is 1. The van der Waals surface area contributed by atoms with E-state index in [1.165, 1.54) is 19.3 Å². The first-order chi connectivity index (χ1) is 11.0. The van der Waals surface area contributed by atoms with Gasteiger partial charge in [0, 0.05) is 44.4 Å². The first kappa shape index (κ1) is 17.5. The van der Waals surface area contributed by atoms with Crippen molar-refractivity contribution < 1.29 is 4.79 Å². The van der Waals surface area contributed by atoms with Crippen molar-refractivity contribution in [1.82, 2.24) is 15.3 Å². The van der Waals surface area contributed by atoms with Gasteiger partial charge in [-0.1, -0.05) is 13.8 Å². The van der Waals surface area contributed by atoms with E-state index in [0.29, 0.717) is 31.4 Å². The summed E-state index contributed by atoms with van der Waals surface area (Å²) in [4.78, 5) is 23.0. The van der Waals surface area contributed by atoms with E-state index in [-0.39, 0.29) is 5.91 Å². The summed E-state index contributed by atoms with van der Waals surface area (Å²) in [5.74, 6) is 2.13. The molecule has 1 aliphatic rings. The van der Waals surface area contributed by atoms with Gasteiger partial charge in [-0.05, 0) is 32.1 Å². The van der Waals surface area contributed by atoms with E-state index in [1.807, 2.05) is 26.8 Å². The minimum absolute atomic E-state index is 0.0981. The zero-order valence-electron chi connectivity index (χ0n) is 14.6. The molecule has 1 aromatic rings. The SMILES string of the molecule is Cc1cc(N2CCCCC2)nc(NCCNC(=O)CC(C)C)n1. The summed E-state index contributed by atoms with van der Waals surface area (Å²) in [7, 11) is 0. The zero-order chi connectivity index (χ0) is 16.7. The number of aryl methyl sites for hydroxylation is 1. The molecule has 2 N–H and O–H groups in total. The molecule has 128 valence electrons. The number of aromatic nitrogens is 2. The third kappa shape index (κ3) is 6.04. The van der Waals surface area contributed by atoms with Crippen LogP contribution in [-0.2, 0) is 4.79 Å². The fraction of sp³-hybridized carbons (Fsp3) is 0.706. The van der Waals surface area contributed by atoms with E-state index in [4.69, 9.17) is 0 Å². The zero-order valence-corrected chi connectivity index (χ0v) is 14.6. The third-order valence-corrected chi connectivity index (χ3v) is 3.84.